The van der Waals surface area contributed by atoms with E-state index in [2.05, 4.69) is 36.8 Å². The number of fused-ring (bicyclic) bond motifs is 1. The number of pyridine rings is 1. The average Bonchev–Trinajstić information content (AvgIpc) is 2.55. The molecule has 0 saturated heterocycles. The highest BCUT2D eigenvalue weighted by molar-refractivity contribution is 9.11. The lowest BCUT2D eigenvalue weighted by atomic mass is 10.0. The maximum absolute atomic E-state index is 10.8. The first-order valence-electron chi connectivity index (χ1n) is 6.69. The number of non-ortho nitro benzene ring substituents is 1. The number of nitro benzene ring substituents is 1. The molecule has 3 rings (SSSR count). The van der Waals surface area contributed by atoms with Gasteiger partial charge < -0.3 is 4.74 Å². The van der Waals surface area contributed by atoms with Crippen molar-refractivity contribution < 1.29 is 9.66 Å². The van der Waals surface area contributed by atoms with Crippen LogP contribution in [0.5, 0.6) is 5.75 Å². The summed E-state index contributed by atoms with van der Waals surface area (Å²) in [5.41, 5.74) is 2.15. The fraction of sp³-hybridized carbons (Fsp3) is 0.0625. The fourth-order valence-corrected chi connectivity index (χ4v) is 4.46. The van der Waals surface area contributed by atoms with Gasteiger partial charge in [-0.3, -0.25) is 15.1 Å². The molecule has 0 unspecified atom stereocenters. The number of aromatic nitrogens is 1. The first-order valence-corrected chi connectivity index (χ1v) is 8.65. The van der Waals surface area contributed by atoms with Crippen molar-refractivity contribution in [3.63, 3.8) is 0 Å². The van der Waals surface area contributed by atoms with Crippen LogP contribution in [0, 0.1) is 10.1 Å². The van der Waals surface area contributed by atoms with Crippen LogP contribution in [-0.4, -0.2) is 17.0 Å². The highest BCUT2D eigenvalue weighted by atomic mass is 79.9. The van der Waals surface area contributed by atoms with Crippen molar-refractivity contribution in [3.8, 4) is 16.9 Å². The molecule has 0 amide bonds. The van der Waals surface area contributed by atoms with E-state index in [-0.39, 0.29) is 5.69 Å². The van der Waals surface area contributed by atoms with Gasteiger partial charge in [0.2, 0.25) is 0 Å². The van der Waals surface area contributed by atoms with E-state index in [0.717, 1.165) is 10.0 Å². The summed E-state index contributed by atoms with van der Waals surface area (Å²) < 4.78 is 6.82. The summed E-state index contributed by atoms with van der Waals surface area (Å²) in [5, 5.41) is 12.0. The number of hydrogen-bond acceptors (Lipinski definition) is 4. The zero-order valence-electron chi connectivity index (χ0n) is 12.2. The highest BCUT2D eigenvalue weighted by Gasteiger charge is 2.17. The summed E-state index contributed by atoms with van der Waals surface area (Å²) in [6.07, 6.45) is 1.65. The van der Waals surface area contributed by atoms with Crippen molar-refractivity contribution in [2.75, 3.05) is 7.11 Å². The number of hydrogen-bond donors (Lipinski definition) is 0. The summed E-state index contributed by atoms with van der Waals surface area (Å²) in [6.45, 7) is 0. The van der Waals surface area contributed by atoms with Crippen molar-refractivity contribution in [1.82, 2.24) is 4.98 Å². The number of methoxy groups -OCH3 is 1. The molecule has 0 radical (unpaired) electrons. The SMILES string of the molecule is COc1c(Br)cc2ncc(-c3ccc([N+](=O)[O-])cc3)c(Cl)c2c1Br. The molecule has 0 fully saturated rings. The summed E-state index contributed by atoms with van der Waals surface area (Å²) in [7, 11) is 1.57. The van der Waals surface area contributed by atoms with Crippen LogP contribution in [0.25, 0.3) is 22.0 Å². The van der Waals surface area contributed by atoms with E-state index in [1.165, 1.54) is 12.1 Å². The lowest BCUT2D eigenvalue weighted by Gasteiger charge is -2.13. The number of ether oxygens (including phenoxy) is 1. The molecule has 0 atom stereocenters. The van der Waals surface area contributed by atoms with Crippen LogP contribution < -0.4 is 4.74 Å². The molecule has 0 aliphatic carbocycles. The van der Waals surface area contributed by atoms with Gasteiger partial charge in [-0.2, -0.15) is 0 Å². The number of nitro groups is 1. The van der Waals surface area contributed by atoms with Crippen molar-refractivity contribution in [3.05, 3.63) is 60.6 Å². The van der Waals surface area contributed by atoms with Crippen molar-refractivity contribution in [1.29, 1.82) is 0 Å². The minimum Gasteiger partial charge on any atom is -0.494 e. The smallest absolute Gasteiger partial charge is 0.269 e. The van der Waals surface area contributed by atoms with Crippen LogP contribution in [-0.2, 0) is 0 Å². The highest BCUT2D eigenvalue weighted by Crippen LogP contribution is 2.44. The van der Waals surface area contributed by atoms with Crippen LogP contribution in [0.4, 0.5) is 5.69 Å². The van der Waals surface area contributed by atoms with Gasteiger partial charge in [0.15, 0.2) is 0 Å². The first-order chi connectivity index (χ1) is 11.4. The van der Waals surface area contributed by atoms with Crippen molar-refractivity contribution in [2.24, 2.45) is 0 Å². The van der Waals surface area contributed by atoms with Gasteiger partial charge >= 0.3 is 0 Å². The van der Waals surface area contributed by atoms with Gasteiger partial charge in [-0.25, -0.2) is 0 Å². The van der Waals surface area contributed by atoms with E-state index < -0.39 is 4.92 Å². The number of rotatable bonds is 3. The van der Waals surface area contributed by atoms with Crippen LogP contribution >= 0.6 is 43.5 Å². The summed E-state index contributed by atoms with van der Waals surface area (Å²) in [6, 6.07) is 8.00. The fourth-order valence-electron chi connectivity index (χ4n) is 2.38. The summed E-state index contributed by atoms with van der Waals surface area (Å²) >= 11 is 13.5. The van der Waals surface area contributed by atoms with E-state index in [0.29, 0.717) is 31.7 Å². The molecular weight excluding hydrogens is 463 g/mol. The monoisotopic (exact) mass is 470 g/mol. The second-order valence-corrected chi connectivity index (χ2v) is 6.91. The van der Waals surface area contributed by atoms with E-state index in [1.54, 1.807) is 25.4 Å². The third-order valence-electron chi connectivity index (χ3n) is 3.54. The van der Waals surface area contributed by atoms with Gasteiger partial charge in [-0.05, 0) is 55.6 Å². The summed E-state index contributed by atoms with van der Waals surface area (Å²) in [5.74, 6) is 0.618. The Hall–Kier alpha value is -1.70. The molecule has 0 aliphatic rings. The van der Waals surface area contributed by atoms with Crippen LogP contribution in [0.3, 0.4) is 0 Å². The molecule has 122 valence electrons. The number of nitrogens with zero attached hydrogens (tertiary/aromatic N) is 2. The molecule has 3 aromatic rings. The largest absolute Gasteiger partial charge is 0.494 e. The minimum absolute atomic E-state index is 0.0235. The third-order valence-corrected chi connectivity index (χ3v) is 5.28. The number of benzene rings is 2. The molecule has 1 heterocycles. The zero-order chi connectivity index (χ0) is 17.4. The number of halogens is 3. The quantitative estimate of drug-likeness (QED) is 0.347. The van der Waals surface area contributed by atoms with E-state index >= 15 is 0 Å². The van der Waals surface area contributed by atoms with E-state index in [4.69, 9.17) is 16.3 Å². The van der Waals surface area contributed by atoms with Gasteiger partial charge in [0.1, 0.15) is 5.75 Å². The zero-order valence-corrected chi connectivity index (χ0v) is 16.1. The Bertz CT molecular complexity index is 962. The first kappa shape index (κ1) is 17.1. The van der Waals surface area contributed by atoms with Gasteiger partial charge in [-0.15, -0.1) is 0 Å². The molecule has 0 saturated carbocycles. The molecule has 8 heteroatoms. The second-order valence-electron chi connectivity index (χ2n) is 4.89. The molecule has 2 aromatic carbocycles. The van der Waals surface area contributed by atoms with Gasteiger partial charge in [0.25, 0.3) is 5.69 Å². The standard InChI is InChI=1S/C16H9Br2ClN2O3/c1-24-16-11(17)6-12-13(14(16)18)15(19)10(7-20-12)8-2-4-9(5-3-8)21(22)23/h2-7H,1H3. The third kappa shape index (κ3) is 2.87. The summed E-state index contributed by atoms with van der Waals surface area (Å²) in [4.78, 5) is 14.8. The molecule has 5 nitrogen and oxygen atoms in total. The lowest BCUT2D eigenvalue weighted by Crippen LogP contribution is -1.92. The maximum atomic E-state index is 10.8. The average molecular weight is 473 g/mol. The van der Waals surface area contributed by atoms with Gasteiger partial charge in [0.05, 0.1) is 31.5 Å². The Morgan fingerprint density at radius 1 is 1.25 bits per heavy atom. The minimum atomic E-state index is -0.441. The molecule has 1 aromatic heterocycles. The Morgan fingerprint density at radius 3 is 2.50 bits per heavy atom. The Balaban J connectivity index is 2.23. The van der Waals surface area contributed by atoms with E-state index in [1.807, 2.05) is 6.07 Å². The van der Waals surface area contributed by atoms with Gasteiger partial charge in [0, 0.05) is 29.3 Å². The Kier molecular flexibility index (Phi) is 4.76. The van der Waals surface area contributed by atoms with Crippen molar-refractivity contribution in [2.45, 2.75) is 0 Å². The molecule has 0 aliphatic heterocycles. The van der Waals surface area contributed by atoms with Crippen LogP contribution in [0.1, 0.15) is 0 Å². The topological polar surface area (TPSA) is 65.3 Å². The van der Waals surface area contributed by atoms with Crippen molar-refractivity contribution >= 4 is 60.1 Å². The Labute approximate surface area is 159 Å². The normalized spacial score (nSPS) is 10.8. The Morgan fingerprint density at radius 2 is 1.92 bits per heavy atom. The maximum Gasteiger partial charge on any atom is 0.269 e. The van der Waals surface area contributed by atoms with E-state index in [9.17, 15) is 10.1 Å². The molecule has 24 heavy (non-hydrogen) atoms. The van der Waals surface area contributed by atoms with Crippen LogP contribution in [0.2, 0.25) is 5.02 Å². The molecular formula is C16H9Br2ClN2O3. The lowest BCUT2D eigenvalue weighted by molar-refractivity contribution is -0.384. The predicted octanol–water partition coefficient (Wildman–Crippen LogP) is 6.00. The molecule has 0 bridgehead atoms. The molecule has 0 N–H and O–H groups in total. The van der Waals surface area contributed by atoms with Crippen LogP contribution in [0.15, 0.2) is 45.5 Å². The molecule has 0 spiro atoms. The predicted molar refractivity (Wildman–Crippen MR) is 101 cm³/mol. The second kappa shape index (κ2) is 6.66. The van der Waals surface area contributed by atoms with Gasteiger partial charge in [-0.1, -0.05) is 11.6 Å².